The van der Waals surface area contributed by atoms with Gasteiger partial charge in [-0.2, -0.15) is 0 Å². The van der Waals surface area contributed by atoms with Crippen LogP contribution in [0.2, 0.25) is 0 Å². The van der Waals surface area contributed by atoms with E-state index in [1.165, 1.54) is 30.6 Å². The molecule has 7 heteroatoms. The normalized spacial score (nSPS) is 18.0. The molecule has 20 heavy (non-hydrogen) atoms. The molecule has 1 aliphatic carbocycles. The Hall–Kier alpha value is -2.70. The van der Waals surface area contributed by atoms with Gasteiger partial charge in [-0.15, -0.1) is 0 Å². The molecule has 1 aliphatic rings. The summed E-state index contributed by atoms with van der Waals surface area (Å²) in [5.74, 6) is -0.457. The number of nitro groups is 1. The lowest BCUT2D eigenvalue weighted by atomic mass is 10.2. The van der Waals surface area contributed by atoms with Gasteiger partial charge in [0.25, 0.3) is 5.91 Å². The van der Waals surface area contributed by atoms with Gasteiger partial charge < -0.3 is 10.3 Å². The first-order valence-corrected chi connectivity index (χ1v) is 6.08. The Morgan fingerprint density at radius 1 is 1.50 bits per heavy atom. The van der Waals surface area contributed by atoms with Gasteiger partial charge >= 0.3 is 0 Å². The average Bonchev–Trinajstić information content (AvgIpc) is 2.67. The van der Waals surface area contributed by atoms with Crippen LogP contribution in [-0.2, 0) is 4.79 Å². The van der Waals surface area contributed by atoms with E-state index < -0.39 is 11.9 Å². The smallest absolute Gasteiger partial charge is 0.255 e. The molecule has 1 amide bonds. The molecule has 0 spiro atoms. The monoisotopic (exact) mass is 275 g/mol. The highest BCUT2D eigenvalue weighted by Crippen LogP contribution is 2.14. The molecule has 1 heterocycles. The summed E-state index contributed by atoms with van der Waals surface area (Å²) in [7, 11) is 0. The number of hydrogen-bond acceptors (Lipinski definition) is 4. The standard InChI is InChI=1S/C13H13N3O4/c17-12-6-7-14-8-11(12)15-13(18)9-2-1-3-10(5-4-9)16(19)20/h2,4-8,10H,1,3H2,(H,14,17)(H,15,18). The van der Waals surface area contributed by atoms with Crippen molar-refractivity contribution >= 4 is 11.6 Å². The van der Waals surface area contributed by atoms with Gasteiger partial charge in [0.05, 0.1) is 0 Å². The van der Waals surface area contributed by atoms with Crippen LogP contribution in [0.4, 0.5) is 5.69 Å². The number of anilines is 1. The zero-order chi connectivity index (χ0) is 14.5. The summed E-state index contributed by atoms with van der Waals surface area (Å²) < 4.78 is 0. The predicted octanol–water partition coefficient (Wildman–Crippen LogP) is 1.24. The molecule has 1 unspecified atom stereocenters. The van der Waals surface area contributed by atoms with Crippen LogP contribution in [0, 0.1) is 10.1 Å². The minimum absolute atomic E-state index is 0.141. The van der Waals surface area contributed by atoms with Crippen molar-refractivity contribution in [3.05, 3.63) is 62.6 Å². The number of carbonyl (C=O) groups is 1. The van der Waals surface area contributed by atoms with E-state index in [-0.39, 0.29) is 16.0 Å². The fourth-order valence-corrected chi connectivity index (χ4v) is 1.84. The number of aromatic amines is 1. The van der Waals surface area contributed by atoms with Crippen LogP contribution in [-0.4, -0.2) is 21.9 Å². The number of H-pyrrole nitrogens is 1. The van der Waals surface area contributed by atoms with Crippen LogP contribution in [0.3, 0.4) is 0 Å². The molecule has 1 aromatic heterocycles. The lowest BCUT2D eigenvalue weighted by Gasteiger charge is -2.04. The third kappa shape index (κ3) is 3.19. The van der Waals surface area contributed by atoms with E-state index in [0.717, 1.165) is 0 Å². The molecule has 0 fully saturated rings. The zero-order valence-electron chi connectivity index (χ0n) is 10.5. The summed E-state index contributed by atoms with van der Waals surface area (Å²) >= 11 is 0. The summed E-state index contributed by atoms with van der Waals surface area (Å²) in [5, 5.41) is 13.2. The largest absolute Gasteiger partial charge is 0.366 e. The fraction of sp³-hybridized carbons (Fsp3) is 0.231. The van der Waals surface area contributed by atoms with Gasteiger partial charge in [-0.25, -0.2) is 0 Å². The van der Waals surface area contributed by atoms with Crippen LogP contribution in [0.15, 0.2) is 47.1 Å². The van der Waals surface area contributed by atoms with E-state index in [0.29, 0.717) is 18.4 Å². The number of nitrogens with one attached hydrogen (secondary N) is 2. The summed E-state index contributed by atoms with van der Waals surface area (Å²) in [4.78, 5) is 36.5. The van der Waals surface area contributed by atoms with Gasteiger partial charge in [0, 0.05) is 35.4 Å². The van der Waals surface area contributed by atoms with E-state index in [1.807, 2.05) is 0 Å². The Morgan fingerprint density at radius 2 is 2.30 bits per heavy atom. The molecule has 0 saturated carbocycles. The summed E-state index contributed by atoms with van der Waals surface area (Å²) in [6.07, 6.45) is 8.09. The quantitative estimate of drug-likeness (QED) is 0.639. The lowest BCUT2D eigenvalue weighted by molar-refractivity contribution is -0.509. The van der Waals surface area contributed by atoms with Crippen LogP contribution < -0.4 is 10.7 Å². The average molecular weight is 275 g/mol. The van der Waals surface area contributed by atoms with Crippen molar-refractivity contribution in [1.29, 1.82) is 0 Å². The molecule has 0 radical (unpaired) electrons. The Balaban J connectivity index is 2.12. The third-order valence-electron chi connectivity index (χ3n) is 2.93. The van der Waals surface area contributed by atoms with Crippen molar-refractivity contribution in [2.24, 2.45) is 0 Å². The number of hydrogen-bond donors (Lipinski definition) is 2. The molecule has 2 rings (SSSR count). The van der Waals surface area contributed by atoms with E-state index in [1.54, 1.807) is 6.08 Å². The van der Waals surface area contributed by atoms with Gasteiger partial charge in [-0.1, -0.05) is 6.08 Å². The van der Waals surface area contributed by atoms with Crippen molar-refractivity contribution in [2.45, 2.75) is 18.9 Å². The summed E-state index contributed by atoms with van der Waals surface area (Å²) in [6.45, 7) is 0. The molecule has 2 N–H and O–H groups in total. The van der Waals surface area contributed by atoms with Gasteiger partial charge in [0.1, 0.15) is 5.69 Å². The second-order valence-electron chi connectivity index (χ2n) is 4.33. The van der Waals surface area contributed by atoms with Crippen molar-refractivity contribution in [2.75, 3.05) is 5.32 Å². The molecule has 0 aliphatic heterocycles. The van der Waals surface area contributed by atoms with Crippen molar-refractivity contribution in [3.8, 4) is 0 Å². The molecule has 104 valence electrons. The Labute approximate surface area is 114 Å². The number of amides is 1. The molecule has 0 aromatic carbocycles. The Morgan fingerprint density at radius 3 is 3.00 bits per heavy atom. The second kappa shape index (κ2) is 5.96. The molecular formula is C13H13N3O4. The van der Waals surface area contributed by atoms with Crippen LogP contribution in [0.1, 0.15) is 12.8 Å². The second-order valence-corrected chi connectivity index (χ2v) is 4.33. The summed E-state index contributed by atoms with van der Waals surface area (Å²) in [5.41, 5.74) is 0.151. The molecule has 0 bridgehead atoms. The highest BCUT2D eigenvalue weighted by molar-refractivity contribution is 6.05. The third-order valence-corrected chi connectivity index (χ3v) is 2.93. The first-order valence-electron chi connectivity index (χ1n) is 6.08. The molecule has 1 aromatic rings. The van der Waals surface area contributed by atoms with E-state index in [9.17, 15) is 19.7 Å². The number of pyridine rings is 1. The first-order chi connectivity index (χ1) is 9.58. The van der Waals surface area contributed by atoms with E-state index in [2.05, 4.69) is 10.3 Å². The van der Waals surface area contributed by atoms with Gasteiger partial charge in [0.15, 0.2) is 0 Å². The highest BCUT2D eigenvalue weighted by Gasteiger charge is 2.19. The van der Waals surface area contributed by atoms with Crippen LogP contribution in [0.5, 0.6) is 0 Å². The number of nitrogens with zero attached hydrogens (tertiary/aromatic N) is 1. The fourth-order valence-electron chi connectivity index (χ4n) is 1.84. The van der Waals surface area contributed by atoms with Crippen LogP contribution in [0.25, 0.3) is 0 Å². The summed E-state index contributed by atoms with van der Waals surface area (Å²) in [6, 6.07) is 0.520. The van der Waals surface area contributed by atoms with E-state index in [4.69, 9.17) is 0 Å². The van der Waals surface area contributed by atoms with E-state index >= 15 is 0 Å². The van der Waals surface area contributed by atoms with Gasteiger partial charge in [-0.3, -0.25) is 19.7 Å². The highest BCUT2D eigenvalue weighted by atomic mass is 16.6. The molecule has 1 atom stereocenters. The molecular weight excluding hydrogens is 262 g/mol. The maximum atomic E-state index is 12.0. The van der Waals surface area contributed by atoms with Gasteiger partial charge in [0.2, 0.25) is 11.5 Å². The first kappa shape index (κ1) is 13.7. The van der Waals surface area contributed by atoms with Crippen molar-refractivity contribution in [3.63, 3.8) is 0 Å². The van der Waals surface area contributed by atoms with Crippen molar-refractivity contribution in [1.82, 2.24) is 4.98 Å². The lowest BCUT2D eigenvalue weighted by Crippen LogP contribution is -2.19. The molecule has 0 saturated heterocycles. The maximum absolute atomic E-state index is 12.0. The Bertz CT molecular complexity index is 645. The number of aromatic nitrogens is 1. The minimum Gasteiger partial charge on any atom is -0.366 e. The van der Waals surface area contributed by atoms with Crippen LogP contribution >= 0.6 is 0 Å². The topological polar surface area (TPSA) is 105 Å². The maximum Gasteiger partial charge on any atom is 0.255 e. The van der Waals surface area contributed by atoms with Gasteiger partial charge in [-0.05, 0) is 18.6 Å². The SMILES string of the molecule is O=C(Nc1c[nH]ccc1=O)C1=CCCC([N+](=O)[O-])C=C1. The zero-order valence-corrected chi connectivity index (χ0v) is 10.5. The number of allylic oxidation sites excluding steroid dienone is 1. The number of rotatable bonds is 3. The minimum atomic E-state index is -0.781. The number of carbonyl (C=O) groups excluding carboxylic acids is 1. The molecule has 7 nitrogen and oxygen atoms in total. The Kier molecular flexibility index (Phi) is 4.09. The predicted molar refractivity (Wildman–Crippen MR) is 72.9 cm³/mol. The van der Waals surface area contributed by atoms with Crippen molar-refractivity contribution < 1.29 is 9.72 Å².